The molecule has 2 unspecified atom stereocenters. The van der Waals surface area contributed by atoms with E-state index in [1.807, 2.05) is 6.92 Å². The van der Waals surface area contributed by atoms with Crippen LogP contribution in [0.25, 0.3) is 0 Å². The van der Waals surface area contributed by atoms with Gasteiger partial charge >= 0.3 is 6.01 Å². The van der Waals surface area contributed by atoms with Crippen LogP contribution in [-0.4, -0.2) is 53.4 Å². The van der Waals surface area contributed by atoms with Gasteiger partial charge in [-0.15, -0.1) is 0 Å². The molecule has 7 nitrogen and oxygen atoms in total. The van der Waals surface area contributed by atoms with Gasteiger partial charge in [0, 0.05) is 13.1 Å². The average Bonchev–Trinajstić information content (AvgIpc) is 2.48. The van der Waals surface area contributed by atoms with E-state index in [1.165, 1.54) is 0 Å². The molecule has 0 radical (unpaired) electrons. The number of aromatic nitrogens is 3. The normalized spacial score (nSPS) is 22.2. The van der Waals surface area contributed by atoms with Gasteiger partial charge < -0.3 is 19.7 Å². The fourth-order valence-electron chi connectivity index (χ4n) is 2.17. The SMILES string of the molecule is CCCNc1nc(OCC)nc(N2CC(C)OCC2C)n1. The summed E-state index contributed by atoms with van der Waals surface area (Å²) < 4.78 is 11.1. The van der Waals surface area contributed by atoms with Crippen LogP contribution in [0, 0.1) is 0 Å². The maximum atomic E-state index is 5.65. The number of nitrogens with one attached hydrogen (secondary N) is 1. The number of ether oxygens (including phenoxy) is 2. The highest BCUT2D eigenvalue weighted by Crippen LogP contribution is 2.21. The first-order valence-electron chi connectivity index (χ1n) is 7.65. The topological polar surface area (TPSA) is 72.4 Å². The van der Waals surface area contributed by atoms with Crippen molar-refractivity contribution in [2.24, 2.45) is 0 Å². The van der Waals surface area contributed by atoms with Crippen LogP contribution in [0.1, 0.15) is 34.1 Å². The van der Waals surface area contributed by atoms with E-state index in [9.17, 15) is 0 Å². The summed E-state index contributed by atoms with van der Waals surface area (Å²) in [6.45, 7) is 11.0. The average molecular weight is 295 g/mol. The Labute approximate surface area is 126 Å². The van der Waals surface area contributed by atoms with Crippen molar-refractivity contribution in [3.63, 3.8) is 0 Å². The van der Waals surface area contributed by atoms with Gasteiger partial charge in [-0.25, -0.2) is 0 Å². The predicted octanol–water partition coefficient (Wildman–Crippen LogP) is 1.71. The summed E-state index contributed by atoms with van der Waals surface area (Å²) in [5.74, 6) is 1.21. The van der Waals surface area contributed by atoms with Crippen molar-refractivity contribution in [2.75, 3.05) is 36.5 Å². The van der Waals surface area contributed by atoms with Gasteiger partial charge in [0.1, 0.15) is 0 Å². The van der Waals surface area contributed by atoms with E-state index in [-0.39, 0.29) is 12.1 Å². The zero-order valence-corrected chi connectivity index (χ0v) is 13.3. The molecule has 1 aliphatic rings. The maximum absolute atomic E-state index is 5.65. The molecular formula is C14H25N5O2. The Morgan fingerprint density at radius 3 is 2.81 bits per heavy atom. The Balaban J connectivity index is 2.25. The van der Waals surface area contributed by atoms with Crippen LogP contribution in [0.15, 0.2) is 0 Å². The number of nitrogens with zero attached hydrogens (tertiary/aromatic N) is 4. The molecule has 0 aromatic carbocycles. The first-order chi connectivity index (χ1) is 10.1. The molecule has 7 heteroatoms. The zero-order valence-electron chi connectivity index (χ0n) is 13.3. The van der Waals surface area contributed by atoms with Crippen molar-refractivity contribution in [1.29, 1.82) is 0 Å². The molecule has 0 aliphatic carbocycles. The molecular weight excluding hydrogens is 270 g/mol. The highest BCUT2D eigenvalue weighted by atomic mass is 16.5. The van der Waals surface area contributed by atoms with Gasteiger partial charge in [-0.3, -0.25) is 0 Å². The molecule has 2 rings (SSSR count). The molecule has 0 bridgehead atoms. The van der Waals surface area contributed by atoms with Crippen molar-refractivity contribution >= 4 is 11.9 Å². The Morgan fingerprint density at radius 1 is 1.29 bits per heavy atom. The smallest absolute Gasteiger partial charge is 0.323 e. The minimum Gasteiger partial charge on any atom is -0.464 e. The summed E-state index contributed by atoms with van der Waals surface area (Å²) >= 11 is 0. The molecule has 1 aromatic heterocycles. The second-order valence-corrected chi connectivity index (χ2v) is 5.25. The number of hydrogen-bond acceptors (Lipinski definition) is 7. The molecule has 21 heavy (non-hydrogen) atoms. The predicted molar refractivity (Wildman–Crippen MR) is 82.0 cm³/mol. The monoisotopic (exact) mass is 295 g/mol. The molecule has 2 heterocycles. The Kier molecular flexibility index (Phi) is 5.55. The largest absolute Gasteiger partial charge is 0.464 e. The van der Waals surface area contributed by atoms with Crippen LogP contribution < -0.4 is 15.0 Å². The minimum absolute atomic E-state index is 0.167. The third kappa shape index (κ3) is 4.17. The van der Waals surface area contributed by atoms with E-state index in [0.29, 0.717) is 31.1 Å². The lowest BCUT2D eigenvalue weighted by Gasteiger charge is -2.36. The second kappa shape index (κ2) is 7.40. The summed E-state index contributed by atoms with van der Waals surface area (Å²) in [5, 5.41) is 3.20. The maximum Gasteiger partial charge on any atom is 0.323 e. The molecule has 2 atom stereocenters. The summed E-state index contributed by atoms with van der Waals surface area (Å²) in [7, 11) is 0. The quantitative estimate of drug-likeness (QED) is 0.856. The van der Waals surface area contributed by atoms with E-state index in [0.717, 1.165) is 19.5 Å². The standard InChI is InChI=1S/C14H25N5O2/c1-5-7-15-12-16-13(18-14(17-12)20-6-2)19-8-11(4)21-9-10(19)3/h10-11H,5-9H2,1-4H3,(H,15,16,17,18). The summed E-state index contributed by atoms with van der Waals surface area (Å²) in [5.41, 5.74) is 0. The van der Waals surface area contributed by atoms with Crippen molar-refractivity contribution in [1.82, 2.24) is 15.0 Å². The molecule has 1 saturated heterocycles. The highest BCUT2D eigenvalue weighted by Gasteiger charge is 2.26. The van der Waals surface area contributed by atoms with E-state index in [4.69, 9.17) is 9.47 Å². The number of rotatable bonds is 6. The van der Waals surface area contributed by atoms with Gasteiger partial charge in [-0.2, -0.15) is 15.0 Å². The van der Waals surface area contributed by atoms with Crippen LogP contribution >= 0.6 is 0 Å². The van der Waals surface area contributed by atoms with Crippen molar-refractivity contribution in [3.8, 4) is 6.01 Å². The number of morpholine rings is 1. The van der Waals surface area contributed by atoms with Gasteiger partial charge in [0.2, 0.25) is 11.9 Å². The fraction of sp³-hybridized carbons (Fsp3) is 0.786. The lowest BCUT2D eigenvalue weighted by Crippen LogP contribution is -2.48. The van der Waals surface area contributed by atoms with Crippen molar-refractivity contribution in [2.45, 2.75) is 46.3 Å². The Bertz CT molecular complexity index is 457. The molecule has 1 aliphatic heterocycles. The van der Waals surface area contributed by atoms with Gasteiger partial charge in [0.25, 0.3) is 0 Å². The molecule has 1 aromatic rings. The van der Waals surface area contributed by atoms with Crippen LogP contribution in [0.5, 0.6) is 6.01 Å². The number of hydrogen-bond donors (Lipinski definition) is 1. The minimum atomic E-state index is 0.167. The number of anilines is 2. The van der Waals surface area contributed by atoms with Gasteiger partial charge in [-0.05, 0) is 27.2 Å². The van der Waals surface area contributed by atoms with E-state index >= 15 is 0 Å². The highest BCUT2D eigenvalue weighted by molar-refractivity contribution is 5.40. The van der Waals surface area contributed by atoms with Gasteiger partial charge in [0.05, 0.1) is 25.4 Å². The third-order valence-corrected chi connectivity index (χ3v) is 3.27. The van der Waals surface area contributed by atoms with Crippen LogP contribution in [0.4, 0.5) is 11.9 Å². The molecule has 1 N–H and O–H groups in total. The Morgan fingerprint density at radius 2 is 2.10 bits per heavy atom. The summed E-state index contributed by atoms with van der Waals surface area (Å²) in [6.07, 6.45) is 1.18. The van der Waals surface area contributed by atoms with Gasteiger partial charge in [0.15, 0.2) is 0 Å². The summed E-state index contributed by atoms with van der Waals surface area (Å²) in [6, 6.07) is 0.601. The van der Waals surface area contributed by atoms with E-state index < -0.39 is 0 Å². The van der Waals surface area contributed by atoms with Crippen molar-refractivity contribution in [3.05, 3.63) is 0 Å². The fourth-order valence-corrected chi connectivity index (χ4v) is 2.17. The molecule has 0 saturated carbocycles. The molecule has 118 valence electrons. The third-order valence-electron chi connectivity index (χ3n) is 3.27. The molecule has 0 spiro atoms. The van der Waals surface area contributed by atoms with Crippen LogP contribution in [-0.2, 0) is 4.74 Å². The van der Waals surface area contributed by atoms with Gasteiger partial charge in [-0.1, -0.05) is 6.92 Å². The molecule has 0 amide bonds. The summed E-state index contributed by atoms with van der Waals surface area (Å²) in [4.78, 5) is 15.4. The zero-order chi connectivity index (χ0) is 15.2. The first-order valence-corrected chi connectivity index (χ1v) is 7.65. The second-order valence-electron chi connectivity index (χ2n) is 5.25. The molecule has 1 fully saturated rings. The lowest BCUT2D eigenvalue weighted by molar-refractivity contribution is 0.0336. The first kappa shape index (κ1) is 15.8. The van der Waals surface area contributed by atoms with Crippen LogP contribution in [0.2, 0.25) is 0 Å². The van der Waals surface area contributed by atoms with E-state index in [1.54, 1.807) is 0 Å². The van der Waals surface area contributed by atoms with Crippen molar-refractivity contribution < 1.29 is 9.47 Å². The van der Waals surface area contributed by atoms with Crippen LogP contribution in [0.3, 0.4) is 0 Å². The lowest BCUT2D eigenvalue weighted by atomic mass is 10.2. The van der Waals surface area contributed by atoms with E-state index in [2.05, 4.69) is 45.9 Å². The Hall–Kier alpha value is -1.63.